The minimum absolute atomic E-state index is 0.112. The minimum Gasteiger partial charge on any atom is -0.338 e. The Labute approximate surface area is 110 Å². The van der Waals surface area contributed by atoms with Crippen molar-refractivity contribution in [1.29, 1.82) is 0 Å². The third-order valence-electron chi connectivity index (χ3n) is 3.44. The fraction of sp³-hybridized carbons (Fsp3) is 0.500. The van der Waals surface area contributed by atoms with Gasteiger partial charge in [0, 0.05) is 18.7 Å². The van der Waals surface area contributed by atoms with E-state index in [1.165, 1.54) is 4.90 Å². The average molecular weight is 271 g/mol. The normalized spacial score (nSPS) is 20.4. The van der Waals surface area contributed by atoms with E-state index in [9.17, 15) is 18.0 Å². The molecule has 1 fully saturated rings. The Balaban J connectivity index is 2.11. The van der Waals surface area contributed by atoms with Crippen LogP contribution in [0, 0.1) is 12.8 Å². The summed E-state index contributed by atoms with van der Waals surface area (Å²) in [5.74, 6) is -1.70. The lowest BCUT2D eigenvalue weighted by molar-refractivity contribution is -0.184. The highest BCUT2D eigenvalue weighted by atomic mass is 19.4. The van der Waals surface area contributed by atoms with Crippen LogP contribution in [0.15, 0.2) is 24.3 Å². The van der Waals surface area contributed by atoms with Crippen molar-refractivity contribution in [2.24, 2.45) is 5.92 Å². The van der Waals surface area contributed by atoms with Crippen LogP contribution in [0.3, 0.4) is 0 Å². The Morgan fingerprint density at radius 3 is 2.74 bits per heavy atom. The number of piperidine rings is 1. The maximum Gasteiger partial charge on any atom is 0.393 e. The van der Waals surface area contributed by atoms with Crippen LogP contribution in [0.25, 0.3) is 0 Å². The molecule has 0 N–H and O–H groups in total. The second-order valence-electron chi connectivity index (χ2n) is 5.00. The number of benzene rings is 1. The van der Waals surface area contributed by atoms with Gasteiger partial charge < -0.3 is 4.90 Å². The summed E-state index contributed by atoms with van der Waals surface area (Å²) < 4.78 is 38.1. The van der Waals surface area contributed by atoms with Crippen molar-refractivity contribution in [2.75, 3.05) is 13.1 Å². The predicted octanol–water partition coefficient (Wildman–Crippen LogP) is 3.41. The van der Waals surface area contributed by atoms with Crippen molar-refractivity contribution >= 4 is 5.91 Å². The average Bonchev–Trinajstić information content (AvgIpc) is 2.37. The maximum atomic E-state index is 12.7. The molecule has 0 spiro atoms. The molecule has 2 nitrogen and oxygen atoms in total. The first-order valence-electron chi connectivity index (χ1n) is 6.30. The van der Waals surface area contributed by atoms with Crippen LogP contribution in [0.5, 0.6) is 0 Å². The highest BCUT2D eigenvalue weighted by Gasteiger charge is 2.42. The molecule has 0 aliphatic carbocycles. The predicted molar refractivity (Wildman–Crippen MR) is 65.9 cm³/mol. The number of carbonyl (C=O) groups is 1. The molecule has 1 aromatic rings. The highest BCUT2D eigenvalue weighted by molar-refractivity contribution is 5.94. The molecule has 1 unspecified atom stereocenters. The molecular weight excluding hydrogens is 255 g/mol. The summed E-state index contributed by atoms with van der Waals surface area (Å²) in [5, 5.41) is 0. The van der Waals surface area contributed by atoms with Gasteiger partial charge in [-0.2, -0.15) is 13.2 Å². The summed E-state index contributed by atoms with van der Waals surface area (Å²) in [6.07, 6.45) is -3.70. The topological polar surface area (TPSA) is 20.3 Å². The number of nitrogens with zero attached hydrogens (tertiary/aromatic N) is 1. The summed E-state index contributed by atoms with van der Waals surface area (Å²) in [6, 6.07) is 6.95. The van der Waals surface area contributed by atoms with Crippen molar-refractivity contribution in [3.8, 4) is 0 Å². The van der Waals surface area contributed by atoms with Crippen LogP contribution in [0.2, 0.25) is 0 Å². The lowest BCUT2D eigenvalue weighted by atomic mass is 9.97. The van der Waals surface area contributed by atoms with Gasteiger partial charge in [-0.15, -0.1) is 0 Å². The highest BCUT2D eigenvalue weighted by Crippen LogP contribution is 2.33. The van der Waals surface area contributed by atoms with Gasteiger partial charge in [-0.1, -0.05) is 17.7 Å². The van der Waals surface area contributed by atoms with Crippen LogP contribution in [-0.2, 0) is 0 Å². The second kappa shape index (κ2) is 5.23. The van der Waals surface area contributed by atoms with E-state index in [2.05, 4.69) is 0 Å². The molecular formula is C14H16F3NO. The Bertz CT molecular complexity index is 470. The molecule has 1 amide bonds. The van der Waals surface area contributed by atoms with Gasteiger partial charge in [0.05, 0.1) is 5.92 Å². The molecule has 1 aliphatic rings. The molecule has 1 atom stereocenters. The Morgan fingerprint density at radius 2 is 2.11 bits per heavy atom. The Hall–Kier alpha value is -1.52. The zero-order valence-electron chi connectivity index (χ0n) is 10.7. The van der Waals surface area contributed by atoms with E-state index in [-0.39, 0.29) is 18.9 Å². The fourth-order valence-corrected chi connectivity index (χ4v) is 2.39. The van der Waals surface area contributed by atoms with Crippen LogP contribution in [0.4, 0.5) is 13.2 Å². The van der Waals surface area contributed by atoms with E-state index in [4.69, 9.17) is 0 Å². The number of alkyl halides is 3. The van der Waals surface area contributed by atoms with Gasteiger partial charge in [-0.25, -0.2) is 0 Å². The zero-order chi connectivity index (χ0) is 14.0. The van der Waals surface area contributed by atoms with Crippen LogP contribution < -0.4 is 0 Å². The summed E-state index contributed by atoms with van der Waals surface area (Å²) in [7, 11) is 0. The van der Waals surface area contributed by atoms with Gasteiger partial charge in [-0.05, 0) is 31.9 Å². The van der Waals surface area contributed by atoms with E-state index in [1.54, 1.807) is 18.2 Å². The van der Waals surface area contributed by atoms with Gasteiger partial charge in [0.25, 0.3) is 5.91 Å². The number of likely N-dealkylation sites (tertiary alicyclic amines) is 1. The van der Waals surface area contributed by atoms with Crippen LogP contribution in [0.1, 0.15) is 28.8 Å². The number of rotatable bonds is 1. The molecule has 0 aromatic heterocycles. The van der Waals surface area contributed by atoms with Crippen molar-refractivity contribution in [3.63, 3.8) is 0 Å². The van der Waals surface area contributed by atoms with Gasteiger partial charge >= 0.3 is 6.18 Å². The smallest absolute Gasteiger partial charge is 0.338 e. The second-order valence-corrected chi connectivity index (χ2v) is 5.00. The first kappa shape index (κ1) is 13.9. The van der Waals surface area contributed by atoms with E-state index >= 15 is 0 Å². The first-order chi connectivity index (χ1) is 8.88. The van der Waals surface area contributed by atoms with Crippen molar-refractivity contribution in [2.45, 2.75) is 25.9 Å². The summed E-state index contributed by atoms with van der Waals surface area (Å²) in [5.41, 5.74) is 1.39. The Kier molecular flexibility index (Phi) is 3.83. The van der Waals surface area contributed by atoms with E-state index < -0.39 is 12.1 Å². The molecule has 0 saturated carbocycles. The van der Waals surface area contributed by atoms with Crippen molar-refractivity contribution in [1.82, 2.24) is 4.90 Å². The van der Waals surface area contributed by atoms with E-state index in [0.29, 0.717) is 18.5 Å². The Morgan fingerprint density at radius 1 is 1.37 bits per heavy atom. The molecule has 104 valence electrons. The van der Waals surface area contributed by atoms with Gasteiger partial charge in [0.15, 0.2) is 0 Å². The third kappa shape index (κ3) is 3.28. The lowest BCUT2D eigenvalue weighted by Gasteiger charge is -2.33. The van der Waals surface area contributed by atoms with E-state index in [1.807, 2.05) is 13.0 Å². The standard InChI is InChI=1S/C14H16F3NO/c1-10-4-2-5-11(8-10)13(19)18-7-3-6-12(9-18)14(15,16)17/h2,4-5,8,12H,3,6-7,9H2,1H3. The number of carbonyl (C=O) groups excluding carboxylic acids is 1. The van der Waals surface area contributed by atoms with E-state index in [0.717, 1.165) is 5.56 Å². The summed E-state index contributed by atoms with van der Waals surface area (Å²) >= 11 is 0. The number of halogens is 3. The number of hydrogen-bond acceptors (Lipinski definition) is 1. The summed E-state index contributed by atoms with van der Waals surface area (Å²) in [6.45, 7) is 2.03. The molecule has 0 radical (unpaired) electrons. The number of amides is 1. The van der Waals surface area contributed by atoms with Gasteiger partial charge in [0.1, 0.15) is 0 Å². The van der Waals surface area contributed by atoms with Crippen molar-refractivity contribution in [3.05, 3.63) is 35.4 Å². The largest absolute Gasteiger partial charge is 0.393 e. The molecule has 1 aromatic carbocycles. The quantitative estimate of drug-likeness (QED) is 0.766. The molecule has 1 aliphatic heterocycles. The molecule has 1 heterocycles. The minimum atomic E-state index is -4.22. The molecule has 2 rings (SSSR count). The van der Waals surface area contributed by atoms with Crippen LogP contribution in [-0.4, -0.2) is 30.1 Å². The lowest BCUT2D eigenvalue weighted by Crippen LogP contribution is -2.44. The van der Waals surface area contributed by atoms with Gasteiger partial charge in [0.2, 0.25) is 0 Å². The molecule has 1 saturated heterocycles. The number of hydrogen-bond donors (Lipinski definition) is 0. The summed E-state index contributed by atoms with van der Waals surface area (Å²) in [4.78, 5) is 13.5. The third-order valence-corrected chi connectivity index (χ3v) is 3.44. The zero-order valence-corrected chi connectivity index (χ0v) is 10.7. The van der Waals surface area contributed by atoms with Crippen molar-refractivity contribution < 1.29 is 18.0 Å². The molecule has 0 bridgehead atoms. The molecule has 19 heavy (non-hydrogen) atoms. The first-order valence-corrected chi connectivity index (χ1v) is 6.30. The number of aryl methyl sites for hydroxylation is 1. The fourth-order valence-electron chi connectivity index (χ4n) is 2.39. The SMILES string of the molecule is Cc1cccc(C(=O)N2CCCC(C(F)(F)F)C2)c1. The van der Waals surface area contributed by atoms with Gasteiger partial charge in [-0.3, -0.25) is 4.79 Å². The maximum absolute atomic E-state index is 12.7. The van der Waals surface area contributed by atoms with Crippen LogP contribution >= 0.6 is 0 Å². The monoisotopic (exact) mass is 271 g/mol. The molecule has 5 heteroatoms.